The van der Waals surface area contributed by atoms with Crippen molar-refractivity contribution < 1.29 is 0 Å². The minimum atomic E-state index is 0.312. The van der Waals surface area contributed by atoms with Gasteiger partial charge in [-0.1, -0.05) is 74.0 Å². The van der Waals surface area contributed by atoms with Crippen LogP contribution in [0.4, 0.5) is 0 Å². The molecule has 0 aromatic rings. The quantitative estimate of drug-likeness (QED) is 0.462. The molecule has 20 heavy (non-hydrogen) atoms. The van der Waals surface area contributed by atoms with Crippen LogP contribution in [0.25, 0.3) is 0 Å². The molecule has 1 aliphatic rings. The molecule has 4 unspecified atom stereocenters. The molecule has 1 saturated carbocycles. The largest absolute Gasteiger partial charge is 0.0854 e. The summed E-state index contributed by atoms with van der Waals surface area (Å²) in [4.78, 5) is 0. The average molecular weight is 279 g/mol. The first kappa shape index (κ1) is 17.8. The molecular formula is C20H38. The van der Waals surface area contributed by atoms with Gasteiger partial charge in [0.25, 0.3) is 0 Å². The summed E-state index contributed by atoms with van der Waals surface area (Å²) in [5.41, 5.74) is 0.312. The lowest BCUT2D eigenvalue weighted by Crippen LogP contribution is -2.34. The zero-order valence-corrected chi connectivity index (χ0v) is 15.2. The van der Waals surface area contributed by atoms with Gasteiger partial charge in [-0.3, -0.25) is 0 Å². The predicted octanol–water partition coefficient (Wildman–Crippen LogP) is 6.57. The van der Waals surface area contributed by atoms with Crippen molar-refractivity contribution in [1.29, 1.82) is 0 Å². The van der Waals surface area contributed by atoms with Crippen LogP contribution in [0, 0.1) is 40.9 Å². The van der Waals surface area contributed by atoms with Gasteiger partial charge in [0.1, 0.15) is 0 Å². The molecule has 0 bridgehead atoms. The van der Waals surface area contributed by atoms with E-state index in [1.807, 2.05) is 0 Å². The molecule has 0 radical (unpaired) electrons. The monoisotopic (exact) mass is 278 g/mol. The summed E-state index contributed by atoms with van der Waals surface area (Å²) in [6.45, 7) is 19.2. The van der Waals surface area contributed by atoms with Gasteiger partial charge in [-0.2, -0.15) is 0 Å². The van der Waals surface area contributed by atoms with Crippen LogP contribution in [0.2, 0.25) is 0 Å². The summed E-state index contributed by atoms with van der Waals surface area (Å²) in [7, 11) is 0. The van der Waals surface area contributed by atoms with E-state index in [-0.39, 0.29) is 0 Å². The van der Waals surface area contributed by atoms with Crippen LogP contribution in [-0.2, 0) is 0 Å². The van der Waals surface area contributed by atoms with E-state index in [1.54, 1.807) is 0 Å². The van der Waals surface area contributed by atoms with Crippen LogP contribution in [0.3, 0.4) is 0 Å². The molecule has 0 aromatic heterocycles. The van der Waals surface area contributed by atoms with E-state index in [4.69, 9.17) is 0 Å². The van der Waals surface area contributed by atoms with Gasteiger partial charge >= 0.3 is 0 Å². The number of rotatable bonds is 7. The molecule has 1 fully saturated rings. The Morgan fingerprint density at radius 1 is 1.05 bits per heavy atom. The normalized spacial score (nSPS) is 27.1. The van der Waals surface area contributed by atoms with Gasteiger partial charge in [-0.05, 0) is 53.8 Å². The van der Waals surface area contributed by atoms with Crippen molar-refractivity contribution in [2.45, 2.75) is 74.7 Å². The van der Waals surface area contributed by atoms with Gasteiger partial charge < -0.3 is 0 Å². The second kappa shape index (κ2) is 7.14. The van der Waals surface area contributed by atoms with Gasteiger partial charge in [0.2, 0.25) is 0 Å². The minimum absolute atomic E-state index is 0.312. The maximum absolute atomic E-state index is 2.48. The molecule has 0 N–H and O–H groups in total. The third-order valence-corrected chi connectivity index (χ3v) is 5.96. The summed E-state index contributed by atoms with van der Waals surface area (Å²) in [6, 6.07) is 0. The second-order valence-corrected chi connectivity index (χ2v) is 8.67. The van der Waals surface area contributed by atoms with Crippen LogP contribution in [0.1, 0.15) is 74.7 Å². The molecule has 1 rings (SSSR count). The van der Waals surface area contributed by atoms with Crippen LogP contribution < -0.4 is 0 Å². The zero-order valence-electron chi connectivity index (χ0n) is 15.2. The fourth-order valence-corrected chi connectivity index (χ4v) is 3.63. The highest BCUT2D eigenvalue weighted by atomic mass is 14.4. The highest BCUT2D eigenvalue weighted by molar-refractivity contribution is 5.00. The third kappa shape index (κ3) is 4.64. The SMILES string of the molecule is CC(C)C=CC(C)(C)C(C)C(CC1CCC1C)C(C)C. The third-order valence-electron chi connectivity index (χ3n) is 5.96. The molecule has 0 spiro atoms. The van der Waals surface area contributed by atoms with Crippen LogP contribution in [0.5, 0.6) is 0 Å². The highest BCUT2D eigenvalue weighted by Gasteiger charge is 2.36. The smallest absolute Gasteiger partial charge is 0.0146 e. The van der Waals surface area contributed by atoms with Crippen molar-refractivity contribution in [3.8, 4) is 0 Å². The Labute approximate surface area is 128 Å². The Morgan fingerprint density at radius 3 is 2.00 bits per heavy atom. The summed E-state index contributed by atoms with van der Waals surface area (Å²) in [5.74, 6) is 5.03. The summed E-state index contributed by atoms with van der Waals surface area (Å²) in [6.07, 6.45) is 9.24. The number of hydrogen-bond acceptors (Lipinski definition) is 0. The molecular weight excluding hydrogens is 240 g/mol. The minimum Gasteiger partial charge on any atom is -0.0854 e. The molecule has 118 valence electrons. The topological polar surface area (TPSA) is 0 Å². The number of allylic oxidation sites excluding steroid dienone is 2. The molecule has 1 aliphatic carbocycles. The van der Waals surface area contributed by atoms with Crippen molar-refractivity contribution in [2.75, 3.05) is 0 Å². The van der Waals surface area contributed by atoms with E-state index in [2.05, 4.69) is 67.5 Å². The van der Waals surface area contributed by atoms with E-state index in [9.17, 15) is 0 Å². The van der Waals surface area contributed by atoms with E-state index in [0.717, 1.165) is 29.6 Å². The first-order chi connectivity index (χ1) is 9.15. The maximum atomic E-state index is 2.48. The zero-order chi connectivity index (χ0) is 15.5. The fraction of sp³-hybridized carbons (Fsp3) is 0.900. The molecule has 0 aliphatic heterocycles. The Morgan fingerprint density at radius 2 is 1.65 bits per heavy atom. The highest BCUT2D eigenvalue weighted by Crippen LogP contribution is 2.45. The van der Waals surface area contributed by atoms with Gasteiger partial charge in [0.05, 0.1) is 0 Å². The van der Waals surface area contributed by atoms with Gasteiger partial charge in [-0.15, -0.1) is 0 Å². The molecule has 0 heteroatoms. The fourth-order valence-electron chi connectivity index (χ4n) is 3.63. The Balaban J connectivity index is 2.74. The van der Waals surface area contributed by atoms with E-state index >= 15 is 0 Å². The van der Waals surface area contributed by atoms with Crippen LogP contribution in [-0.4, -0.2) is 0 Å². The lowest BCUT2D eigenvalue weighted by Gasteiger charge is -2.43. The number of hydrogen-bond donors (Lipinski definition) is 0. The van der Waals surface area contributed by atoms with E-state index in [0.29, 0.717) is 11.3 Å². The first-order valence-corrected chi connectivity index (χ1v) is 8.84. The standard InChI is InChI=1S/C20H38/c1-14(2)11-12-20(7,8)17(6)19(15(3)4)13-18-10-9-16(18)5/h11-12,14-19H,9-10,13H2,1-8H3. The average Bonchev–Trinajstić information content (AvgIpc) is 2.34. The second-order valence-electron chi connectivity index (χ2n) is 8.67. The maximum Gasteiger partial charge on any atom is -0.0146 e. The Kier molecular flexibility index (Phi) is 6.35. The van der Waals surface area contributed by atoms with Crippen molar-refractivity contribution >= 4 is 0 Å². The molecule has 0 saturated heterocycles. The lowest BCUT2D eigenvalue weighted by molar-refractivity contribution is 0.0818. The molecule has 0 aromatic carbocycles. The molecule has 0 amide bonds. The van der Waals surface area contributed by atoms with Gasteiger partial charge in [-0.25, -0.2) is 0 Å². The van der Waals surface area contributed by atoms with Crippen molar-refractivity contribution in [3.05, 3.63) is 12.2 Å². The van der Waals surface area contributed by atoms with Crippen molar-refractivity contribution in [3.63, 3.8) is 0 Å². The Hall–Kier alpha value is -0.260. The lowest BCUT2D eigenvalue weighted by atomic mass is 9.62. The van der Waals surface area contributed by atoms with Crippen molar-refractivity contribution in [1.82, 2.24) is 0 Å². The van der Waals surface area contributed by atoms with Gasteiger partial charge in [0, 0.05) is 0 Å². The summed E-state index contributed by atoms with van der Waals surface area (Å²) >= 11 is 0. The van der Waals surface area contributed by atoms with Crippen LogP contribution >= 0.6 is 0 Å². The van der Waals surface area contributed by atoms with E-state index < -0.39 is 0 Å². The van der Waals surface area contributed by atoms with Crippen LogP contribution in [0.15, 0.2) is 12.2 Å². The van der Waals surface area contributed by atoms with E-state index in [1.165, 1.54) is 19.3 Å². The van der Waals surface area contributed by atoms with Crippen molar-refractivity contribution in [2.24, 2.45) is 40.9 Å². The molecule has 0 heterocycles. The first-order valence-electron chi connectivity index (χ1n) is 8.84. The predicted molar refractivity (Wildman–Crippen MR) is 91.8 cm³/mol. The molecule has 4 atom stereocenters. The molecule has 0 nitrogen and oxygen atoms in total. The van der Waals surface area contributed by atoms with Gasteiger partial charge in [0.15, 0.2) is 0 Å². The summed E-state index contributed by atoms with van der Waals surface area (Å²) < 4.78 is 0. The Bertz CT molecular complexity index is 308. The summed E-state index contributed by atoms with van der Waals surface area (Å²) in [5, 5.41) is 0.